The average molecular weight is 461 g/mol. The van der Waals surface area contributed by atoms with Crippen molar-refractivity contribution in [3.63, 3.8) is 0 Å². The fourth-order valence-electron chi connectivity index (χ4n) is 4.61. The number of ether oxygens (including phenoxy) is 1. The predicted octanol–water partition coefficient (Wildman–Crippen LogP) is 3.68. The highest BCUT2D eigenvalue weighted by Crippen LogP contribution is 2.44. The van der Waals surface area contributed by atoms with Crippen molar-refractivity contribution in [3.05, 3.63) is 59.9 Å². The number of nitrogen functional groups attached to an aromatic ring is 1. The van der Waals surface area contributed by atoms with Gasteiger partial charge in [-0.15, -0.1) is 0 Å². The minimum atomic E-state index is -0.835. The molecule has 0 bridgehead atoms. The maximum atomic E-state index is 15.4. The Hall–Kier alpha value is -3.98. The molecule has 0 radical (unpaired) electrons. The lowest BCUT2D eigenvalue weighted by Crippen LogP contribution is -2.42. The second-order valence-corrected chi connectivity index (χ2v) is 8.90. The molecule has 8 nitrogen and oxygen atoms in total. The van der Waals surface area contributed by atoms with E-state index in [0.717, 1.165) is 5.56 Å². The van der Waals surface area contributed by atoms with Gasteiger partial charge in [0, 0.05) is 22.6 Å². The highest BCUT2D eigenvalue weighted by atomic mass is 19.1. The molecule has 2 aromatic heterocycles. The first-order valence-corrected chi connectivity index (χ1v) is 10.8. The van der Waals surface area contributed by atoms with Gasteiger partial charge in [-0.2, -0.15) is 5.10 Å². The molecule has 1 aliphatic rings. The fraction of sp³-hybridized carbons (Fsp3) is 0.240. The predicted molar refractivity (Wildman–Crippen MR) is 127 cm³/mol. The number of methoxy groups -OCH3 is 1. The van der Waals surface area contributed by atoms with E-state index in [4.69, 9.17) is 21.2 Å². The SMILES string of the molecule is COc1cc(-c2ccccc2)nc2cc(-c3nn([C@H]4C[C@@](C)(O)C4)c(N)c3C(N)=O)c(F)cc12. The topological polar surface area (TPSA) is 129 Å². The molecule has 1 fully saturated rings. The van der Waals surface area contributed by atoms with Gasteiger partial charge in [-0.05, 0) is 31.9 Å². The highest BCUT2D eigenvalue weighted by Gasteiger charge is 2.42. The lowest BCUT2D eigenvalue weighted by atomic mass is 9.77. The summed E-state index contributed by atoms with van der Waals surface area (Å²) in [6, 6.07) is 13.9. The molecule has 2 heterocycles. The number of anilines is 1. The van der Waals surface area contributed by atoms with Crippen molar-refractivity contribution < 1.29 is 19.0 Å². The largest absolute Gasteiger partial charge is 0.496 e. The van der Waals surface area contributed by atoms with Crippen molar-refractivity contribution in [1.29, 1.82) is 0 Å². The molecule has 0 atom stereocenters. The van der Waals surface area contributed by atoms with E-state index in [1.807, 2.05) is 30.3 Å². The second-order valence-electron chi connectivity index (χ2n) is 8.90. The number of aromatic nitrogens is 3. The number of carbonyl (C=O) groups excluding carboxylic acids is 1. The molecule has 0 aliphatic heterocycles. The third kappa shape index (κ3) is 3.54. The zero-order chi connectivity index (χ0) is 24.2. The lowest BCUT2D eigenvalue weighted by Gasteiger charge is -2.41. The van der Waals surface area contributed by atoms with Gasteiger partial charge in [0.1, 0.15) is 28.6 Å². The summed E-state index contributed by atoms with van der Waals surface area (Å²) < 4.78 is 22.3. The summed E-state index contributed by atoms with van der Waals surface area (Å²) in [5.74, 6) is -0.919. The van der Waals surface area contributed by atoms with Crippen molar-refractivity contribution in [2.45, 2.75) is 31.4 Å². The zero-order valence-corrected chi connectivity index (χ0v) is 18.7. The minimum Gasteiger partial charge on any atom is -0.496 e. The number of hydrogen-bond acceptors (Lipinski definition) is 6. The average Bonchev–Trinajstić information content (AvgIpc) is 3.13. The normalized spacial score (nSPS) is 19.7. The van der Waals surface area contributed by atoms with Gasteiger partial charge in [-0.3, -0.25) is 4.79 Å². The third-order valence-electron chi connectivity index (χ3n) is 6.29. The van der Waals surface area contributed by atoms with Crippen molar-refractivity contribution in [1.82, 2.24) is 14.8 Å². The van der Waals surface area contributed by atoms with E-state index in [9.17, 15) is 9.90 Å². The van der Waals surface area contributed by atoms with Gasteiger partial charge in [0.2, 0.25) is 0 Å². The number of pyridine rings is 1. The molecule has 4 aromatic rings. The van der Waals surface area contributed by atoms with Gasteiger partial charge in [-0.25, -0.2) is 14.1 Å². The van der Waals surface area contributed by atoms with Gasteiger partial charge >= 0.3 is 0 Å². The third-order valence-corrected chi connectivity index (χ3v) is 6.29. The van der Waals surface area contributed by atoms with E-state index < -0.39 is 17.3 Å². The van der Waals surface area contributed by atoms with Crippen molar-refractivity contribution in [2.24, 2.45) is 5.73 Å². The van der Waals surface area contributed by atoms with Crippen LogP contribution in [0.4, 0.5) is 10.2 Å². The molecule has 5 rings (SSSR count). The summed E-state index contributed by atoms with van der Waals surface area (Å²) in [7, 11) is 1.51. The molecular formula is C25H24FN5O3. The van der Waals surface area contributed by atoms with Crippen LogP contribution in [0.25, 0.3) is 33.4 Å². The number of fused-ring (bicyclic) bond motifs is 1. The Morgan fingerprint density at radius 1 is 1.24 bits per heavy atom. The van der Waals surface area contributed by atoms with Crippen LogP contribution in [0.1, 0.15) is 36.2 Å². The quantitative estimate of drug-likeness (QED) is 0.416. The number of halogens is 1. The molecule has 9 heteroatoms. The summed E-state index contributed by atoms with van der Waals surface area (Å²) in [6.45, 7) is 1.71. The van der Waals surface area contributed by atoms with Gasteiger partial charge in [0.15, 0.2) is 0 Å². The smallest absolute Gasteiger partial charge is 0.254 e. The molecule has 0 unspecified atom stereocenters. The molecular weight excluding hydrogens is 437 g/mol. The van der Waals surface area contributed by atoms with E-state index >= 15 is 4.39 Å². The van der Waals surface area contributed by atoms with Crippen LogP contribution in [0, 0.1) is 5.82 Å². The number of hydrogen-bond donors (Lipinski definition) is 3. The zero-order valence-electron chi connectivity index (χ0n) is 18.7. The summed E-state index contributed by atoms with van der Waals surface area (Å²) in [5.41, 5.74) is 13.0. The van der Waals surface area contributed by atoms with Crippen LogP contribution in [0.2, 0.25) is 0 Å². The van der Waals surface area contributed by atoms with Crippen molar-refractivity contribution >= 4 is 22.6 Å². The number of benzene rings is 2. The van der Waals surface area contributed by atoms with Crippen molar-refractivity contribution in [2.75, 3.05) is 12.8 Å². The van der Waals surface area contributed by atoms with Crippen LogP contribution < -0.4 is 16.2 Å². The molecule has 174 valence electrons. The molecule has 1 saturated carbocycles. The molecule has 0 saturated heterocycles. The van der Waals surface area contributed by atoms with Crippen LogP contribution in [0.15, 0.2) is 48.5 Å². The Labute approximate surface area is 195 Å². The maximum Gasteiger partial charge on any atom is 0.254 e. The van der Waals surface area contributed by atoms with Gasteiger partial charge < -0.3 is 21.3 Å². The van der Waals surface area contributed by atoms with Crippen LogP contribution in [-0.4, -0.2) is 38.5 Å². The molecule has 34 heavy (non-hydrogen) atoms. The first-order chi connectivity index (χ1) is 16.2. The summed E-state index contributed by atoms with van der Waals surface area (Å²) in [4.78, 5) is 17.0. The van der Waals surface area contributed by atoms with E-state index in [1.165, 1.54) is 23.9 Å². The Balaban J connectivity index is 1.70. The Bertz CT molecular complexity index is 1420. The number of nitrogens with two attached hydrogens (primary N) is 2. The summed E-state index contributed by atoms with van der Waals surface area (Å²) >= 11 is 0. The van der Waals surface area contributed by atoms with Crippen LogP contribution >= 0.6 is 0 Å². The molecule has 0 spiro atoms. The van der Waals surface area contributed by atoms with E-state index in [1.54, 1.807) is 13.0 Å². The summed E-state index contributed by atoms with van der Waals surface area (Å²) in [6.07, 6.45) is 0.825. The van der Waals surface area contributed by atoms with Gasteiger partial charge in [0.25, 0.3) is 5.91 Å². The van der Waals surface area contributed by atoms with Crippen LogP contribution in [0.5, 0.6) is 5.75 Å². The Morgan fingerprint density at radius 3 is 2.56 bits per heavy atom. The van der Waals surface area contributed by atoms with Crippen LogP contribution in [0.3, 0.4) is 0 Å². The maximum absolute atomic E-state index is 15.4. The standard InChI is InChI=1S/C25H24FN5O3/c1-25(33)11-14(12-25)31-23(27)21(24(28)32)22(30-31)15-9-19-16(8-17(15)26)20(34-2)10-18(29-19)13-6-4-3-5-7-13/h3-10,14,33H,11-12,27H2,1-2H3,(H2,28,32)/t14-,25+. The highest BCUT2D eigenvalue weighted by molar-refractivity contribution is 6.04. The number of nitrogens with zero attached hydrogens (tertiary/aromatic N) is 3. The van der Waals surface area contributed by atoms with Crippen molar-refractivity contribution in [3.8, 4) is 28.3 Å². The van der Waals surface area contributed by atoms with Gasteiger partial charge in [-0.1, -0.05) is 30.3 Å². The lowest BCUT2D eigenvalue weighted by molar-refractivity contribution is -0.0535. The molecule has 2 aromatic carbocycles. The van der Waals surface area contributed by atoms with E-state index in [2.05, 4.69) is 5.10 Å². The monoisotopic (exact) mass is 461 g/mol. The Kier molecular flexibility index (Phi) is 5.02. The Morgan fingerprint density at radius 2 is 1.94 bits per heavy atom. The second kappa shape index (κ2) is 7.81. The number of amides is 1. The molecule has 1 amide bonds. The number of aliphatic hydroxyl groups is 1. The summed E-state index contributed by atoms with van der Waals surface area (Å²) in [5, 5.41) is 15.1. The first kappa shape index (κ1) is 21.8. The number of primary amides is 1. The van der Waals surface area contributed by atoms with E-state index in [0.29, 0.717) is 35.2 Å². The van der Waals surface area contributed by atoms with Gasteiger partial charge in [0.05, 0.1) is 30.0 Å². The van der Waals surface area contributed by atoms with Crippen LogP contribution in [-0.2, 0) is 0 Å². The first-order valence-electron chi connectivity index (χ1n) is 10.8. The molecule has 5 N–H and O–H groups in total. The fourth-order valence-corrected chi connectivity index (χ4v) is 4.61. The number of rotatable bonds is 5. The van der Waals surface area contributed by atoms with E-state index in [-0.39, 0.29) is 28.7 Å². The minimum absolute atomic E-state index is 0.0434. The molecule has 1 aliphatic carbocycles. The number of carbonyl (C=O) groups is 1.